The van der Waals surface area contributed by atoms with Crippen molar-refractivity contribution in [1.29, 1.82) is 0 Å². The number of aliphatic hydroxyl groups excluding tert-OH is 5. The molecule has 0 aromatic rings. The SMILES string of the molecule is CC/C=C\C/C=C\C/C=C\C/C=C\C/C=C\C/C=C\CCC(=O)OC1C(OCC(NC(=O)C(O)C/C=C\C/C=C\C/C=C\C/C=C\C/C=C\C/C=C\CC)C(O)/C=C/CCCCCCCCCCCCC)OC(CO)C(O)C1O. The van der Waals surface area contributed by atoms with Gasteiger partial charge >= 0.3 is 5.97 Å². The molecule has 444 valence electrons. The van der Waals surface area contributed by atoms with E-state index in [4.69, 9.17) is 14.2 Å². The van der Waals surface area contributed by atoms with Crippen LogP contribution in [0.5, 0.6) is 0 Å². The third kappa shape index (κ3) is 41.9. The molecular formula is C68H107NO10. The first-order valence-corrected chi connectivity index (χ1v) is 30.3. The molecule has 1 amide bonds. The Hall–Kier alpha value is -4.72. The van der Waals surface area contributed by atoms with Gasteiger partial charge in [-0.05, 0) is 96.3 Å². The van der Waals surface area contributed by atoms with Gasteiger partial charge in [0, 0.05) is 12.8 Å². The molecule has 1 heterocycles. The second kappa shape index (κ2) is 53.9. The average molecular weight is 1100 g/mol. The number of rotatable bonds is 48. The third-order valence-electron chi connectivity index (χ3n) is 12.9. The van der Waals surface area contributed by atoms with E-state index in [1.807, 2.05) is 30.4 Å². The summed E-state index contributed by atoms with van der Waals surface area (Å²) in [4.78, 5) is 26.5. The van der Waals surface area contributed by atoms with Gasteiger partial charge in [-0.2, -0.15) is 0 Å². The van der Waals surface area contributed by atoms with Gasteiger partial charge in [-0.25, -0.2) is 0 Å². The van der Waals surface area contributed by atoms with Crippen molar-refractivity contribution in [1.82, 2.24) is 5.32 Å². The van der Waals surface area contributed by atoms with Crippen molar-refractivity contribution in [2.24, 2.45) is 0 Å². The molecule has 0 aliphatic carbocycles. The predicted octanol–water partition coefficient (Wildman–Crippen LogP) is 14.4. The molecule has 6 N–H and O–H groups in total. The van der Waals surface area contributed by atoms with Crippen LogP contribution in [0.4, 0.5) is 0 Å². The van der Waals surface area contributed by atoms with Crippen molar-refractivity contribution in [3.8, 4) is 0 Å². The summed E-state index contributed by atoms with van der Waals surface area (Å²) in [6, 6.07) is -1.09. The largest absolute Gasteiger partial charge is 0.454 e. The van der Waals surface area contributed by atoms with Crippen molar-refractivity contribution in [2.75, 3.05) is 13.2 Å². The lowest BCUT2D eigenvalue weighted by Crippen LogP contribution is -2.61. The number of amides is 1. The van der Waals surface area contributed by atoms with Crippen LogP contribution in [0.3, 0.4) is 0 Å². The number of allylic oxidation sites excluding steroid dienone is 24. The summed E-state index contributed by atoms with van der Waals surface area (Å²) in [7, 11) is 0. The van der Waals surface area contributed by atoms with Crippen LogP contribution in [0, 0.1) is 0 Å². The molecule has 1 aliphatic heterocycles. The van der Waals surface area contributed by atoms with E-state index >= 15 is 0 Å². The lowest BCUT2D eigenvalue weighted by atomic mass is 9.99. The van der Waals surface area contributed by atoms with Crippen molar-refractivity contribution in [3.05, 3.63) is 158 Å². The minimum atomic E-state index is -1.67. The Morgan fingerprint density at radius 2 is 0.911 bits per heavy atom. The molecule has 8 unspecified atom stereocenters. The first kappa shape index (κ1) is 72.3. The van der Waals surface area contributed by atoms with Gasteiger partial charge in [0.2, 0.25) is 5.91 Å². The highest BCUT2D eigenvalue weighted by molar-refractivity contribution is 5.81. The van der Waals surface area contributed by atoms with Crippen LogP contribution in [0.2, 0.25) is 0 Å². The van der Waals surface area contributed by atoms with Gasteiger partial charge in [-0.1, -0.05) is 243 Å². The van der Waals surface area contributed by atoms with Gasteiger partial charge in [-0.3, -0.25) is 9.59 Å². The lowest BCUT2D eigenvalue weighted by Gasteiger charge is -2.41. The number of aliphatic hydroxyl groups is 5. The zero-order valence-corrected chi connectivity index (χ0v) is 48.9. The fourth-order valence-corrected chi connectivity index (χ4v) is 8.22. The summed E-state index contributed by atoms with van der Waals surface area (Å²) in [5.74, 6) is -1.39. The smallest absolute Gasteiger partial charge is 0.306 e. The first-order valence-electron chi connectivity index (χ1n) is 30.3. The van der Waals surface area contributed by atoms with E-state index < -0.39 is 67.4 Å². The maximum Gasteiger partial charge on any atom is 0.306 e. The van der Waals surface area contributed by atoms with E-state index in [1.165, 1.54) is 51.4 Å². The highest BCUT2D eigenvalue weighted by Crippen LogP contribution is 2.26. The van der Waals surface area contributed by atoms with E-state index in [2.05, 4.69) is 142 Å². The maximum atomic E-state index is 13.4. The molecule has 1 saturated heterocycles. The van der Waals surface area contributed by atoms with Gasteiger partial charge < -0.3 is 45.1 Å². The van der Waals surface area contributed by atoms with E-state index in [0.717, 1.165) is 89.9 Å². The molecule has 11 nitrogen and oxygen atoms in total. The van der Waals surface area contributed by atoms with E-state index in [9.17, 15) is 35.1 Å². The summed E-state index contributed by atoms with van der Waals surface area (Å²) < 4.78 is 17.5. The van der Waals surface area contributed by atoms with E-state index in [-0.39, 0.29) is 19.4 Å². The van der Waals surface area contributed by atoms with Gasteiger partial charge in [0.1, 0.15) is 24.4 Å². The van der Waals surface area contributed by atoms with Crippen molar-refractivity contribution >= 4 is 11.9 Å². The molecule has 1 fully saturated rings. The maximum absolute atomic E-state index is 13.4. The minimum absolute atomic E-state index is 0.0202. The number of hydrogen-bond acceptors (Lipinski definition) is 10. The molecule has 0 radical (unpaired) electrons. The molecule has 0 aromatic carbocycles. The Bertz CT molecular complexity index is 1880. The van der Waals surface area contributed by atoms with Crippen LogP contribution in [0.25, 0.3) is 0 Å². The highest BCUT2D eigenvalue weighted by Gasteiger charge is 2.47. The Morgan fingerprint density at radius 3 is 1.34 bits per heavy atom. The van der Waals surface area contributed by atoms with Gasteiger partial charge in [0.05, 0.1) is 25.4 Å². The Morgan fingerprint density at radius 1 is 0.506 bits per heavy atom. The third-order valence-corrected chi connectivity index (χ3v) is 12.9. The number of carbonyl (C=O) groups is 2. The molecule has 0 saturated carbocycles. The minimum Gasteiger partial charge on any atom is -0.454 e. The van der Waals surface area contributed by atoms with Gasteiger partial charge in [-0.15, -0.1) is 0 Å². The number of ether oxygens (including phenoxy) is 3. The molecule has 1 aliphatic rings. The molecule has 11 heteroatoms. The van der Waals surface area contributed by atoms with Crippen LogP contribution in [0.1, 0.15) is 194 Å². The zero-order chi connectivity index (χ0) is 57.5. The van der Waals surface area contributed by atoms with Crippen LogP contribution >= 0.6 is 0 Å². The monoisotopic (exact) mass is 1100 g/mol. The lowest BCUT2D eigenvalue weighted by molar-refractivity contribution is -0.305. The quantitative estimate of drug-likeness (QED) is 0.0195. The van der Waals surface area contributed by atoms with Crippen molar-refractivity contribution < 1.29 is 49.3 Å². The number of nitrogens with one attached hydrogen (secondary N) is 1. The van der Waals surface area contributed by atoms with Crippen LogP contribution < -0.4 is 5.32 Å². The van der Waals surface area contributed by atoms with E-state index in [0.29, 0.717) is 19.3 Å². The topological polar surface area (TPSA) is 175 Å². The summed E-state index contributed by atoms with van der Waals surface area (Å²) in [5.41, 5.74) is 0. The second-order valence-electron chi connectivity index (χ2n) is 20.0. The van der Waals surface area contributed by atoms with Gasteiger partial charge in [0.25, 0.3) is 0 Å². The normalized spacial score (nSPS) is 20.0. The first-order chi connectivity index (χ1) is 38.7. The standard InChI is InChI=1S/C68H107NO10/c1-4-7-10-13-16-19-22-25-27-29-31-33-35-38-41-44-47-50-53-56-63(73)79-66-65(75)64(74)62(57-70)78-68(66)77-58-59(60(71)54-51-48-45-42-39-36-24-21-18-15-12-9-6-3)69-67(76)61(72)55-52-49-46-43-40-37-34-32-30-28-26-23-20-17-14-11-8-5-2/h7-8,10-11,16-17,19-20,25-28,31-34,38,40-41,43,47,49-52,54,59-62,64-66,68,70-72,74-75H,4-6,9,12-15,18,21-24,29-30,35-37,39,42,44-46,48,53,55-58H2,1-3H3,(H,69,76)/b10-7-,11-8-,19-16-,20-17-,27-25-,28-26-,33-31-,34-32-,41-38-,43-40-,50-47-,52-49-,54-51+. The van der Waals surface area contributed by atoms with Crippen LogP contribution in [-0.2, 0) is 23.8 Å². The highest BCUT2D eigenvalue weighted by atomic mass is 16.7. The summed E-state index contributed by atoms with van der Waals surface area (Å²) >= 11 is 0. The second-order valence-corrected chi connectivity index (χ2v) is 20.0. The number of unbranched alkanes of at least 4 members (excludes halogenated alkanes) is 11. The van der Waals surface area contributed by atoms with Crippen molar-refractivity contribution in [2.45, 2.75) is 243 Å². The van der Waals surface area contributed by atoms with Gasteiger partial charge in [0.15, 0.2) is 12.4 Å². The molecule has 79 heavy (non-hydrogen) atoms. The summed E-state index contributed by atoms with van der Waals surface area (Å²) in [6.45, 7) is 5.45. The molecule has 0 aromatic heterocycles. The predicted molar refractivity (Wildman–Crippen MR) is 328 cm³/mol. The Kier molecular flexibility index (Phi) is 49.3. The Labute approximate surface area is 478 Å². The zero-order valence-electron chi connectivity index (χ0n) is 48.9. The van der Waals surface area contributed by atoms with E-state index in [1.54, 1.807) is 12.2 Å². The molecular weight excluding hydrogens is 991 g/mol. The fourth-order valence-electron chi connectivity index (χ4n) is 8.22. The molecule has 8 atom stereocenters. The Balaban J connectivity index is 2.82. The molecule has 0 spiro atoms. The molecule has 0 bridgehead atoms. The van der Waals surface area contributed by atoms with Crippen LogP contribution in [0.15, 0.2) is 158 Å². The van der Waals surface area contributed by atoms with Crippen LogP contribution in [-0.4, -0.2) is 99.6 Å². The number of hydrogen-bond donors (Lipinski definition) is 6. The average Bonchev–Trinajstić information content (AvgIpc) is 3.49. The molecule has 1 rings (SSSR count). The fraction of sp³-hybridized carbons (Fsp3) is 0.588. The number of carbonyl (C=O) groups excluding carboxylic acids is 2. The van der Waals surface area contributed by atoms with Crippen molar-refractivity contribution in [3.63, 3.8) is 0 Å². The summed E-state index contributed by atoms with van der Waals surface area (Å²) in [5, 5.41) is 56.8. The summed E-state index contributed by atoms with van der Waals surface area (Å²) in [6.07, 6.45) is 68.8. The number of esters is 1.